The Balaban J connectivity index is 1.13. The van der Waals surface area contributed by atoms with Crippen LogP contribution in [-0.4, -0.2) is 70.4 Å². The standard InChI is InChI=1S/C24H24Cl2N6O5S/c1-34-22-28-23(35-2)30-24(29-22)36-11-19(33)32-8-6-13(7-9-32)21-27-17(12-38-21)16-10-18(37-31-16)20-14(25)4-3-5-15(20)26/h3-5,12-13,18H,6-11H2,1-2H3. The highest BCUT2D eigenvalue weighted by molar-refractivity contribution is 7.10. The minimum atomic E-state index is -0.340. The lowest BCUT2D eigenvalue weighted by atomic mass is 9.97. The fourth-order valence-corrected chi connectivity index (χ4v) is 5.91. The van der Waals surface area contributed by atoms with Crippen molar-refractivity contribution in [3.8, 4) is 18.0 Å². The summed E-state index contributed by atoms with van der Waals surface area (Å²) >= 11 is 14.3. The van der Waals surface area contributed by atoms with E-state index in [4.69, 9.17) is 47.2 Å². The van der Waals surface area contributed by atoms with E-state index in [1.807, 2.05) is 5.38 Å². The SMILES string of the molecule is COc1nc(OC)nc(OCC(=O)N2CCC(c3nc(C4=NOC(c5c(Cl)cccc5Cl)C4)cs3)CC2)n1. The highest BCUT2D eigenvalue weighted by Crippen LogP contribution is 2.39. The van der Waals surface area contributed by atoms with Gasteiger partial charge in [0.1, 0.15) is 5.71 Å². The van der Waals surface area contributed by atoms with Crippen LogP contribution in [-0.2, 0) is 9.63 Å². The van der Waals surface area contributed by atoms with Gasteiger partial charge in [0.05, 0.1) is 24.9 Å². The molecule has 14 heteroatoms. The van der Waals surface area contributed by atoms with Gasteiger partial charge in [0, 0.05) is 46.4 Å². The lowest BCUT2D eigenvalue weighted by Crippen LogP contribution is -2.40. The van der Waals surface area contributed by atoms with Crippen molar-refractivity contribution >= 4 is 46.2 Å². The van der Waals surface area contributed by atoms with E-state index in [1.54, 1.807) is 34.4 Å². The summed E-state index contributed by atoms with van der Waals surface area (Å²) < 4.78 is 15.5. The lowest BCUT2D eigenvalue weighted by molar-refractivity contribution is -0.134. The van der Waals surface area contributed by atoms with Gasteiger partial charge in [-0.25, -0.2) is 4.98 Å². The Morgan fingerprint density at radius 3 is 2.37 bits per heavy atom. The van der Waals surface area contributed by atoms with Gasteiger partial charge >= 0.3 is 18.0 Å². The van der Waals surface area contributed by atoms with E-state index in [0.29, 0.717) is 29.6 Å². The number of carbonyl (C=O) groups excluding carboxylic acids is 1. The summed E-state index contributed by atoms with van der Waals surface area (Å²) in [4.78, 5) is 36.8. The number of aromatic nitrogens is 4. The second-order valence-electron chi connectivity index (χ2n) is 8.58. The van der Waals surface area contributed by atoms with Crippen molar-refractivity contribution in [2.75, 3.05) is 33.9 Å². The molecule has 2 aliphatic rings. The van der Waals surface area contributed by atoms with Crippen LogP contribution in [0.2, 0.25) is 10.0 Å². The number of amides is 1. The Hall–Kier alpha value is -3.22. The zero-order valence-electron chi connectivity index (χ0n) is 20.6. The molecule has 11 nitrogen and oxygen atoms in total. The van der Waals surface area contributed by atoms with Crippen molar-refractivity contribution in [3.63, 3.8) is 0 Å². The summed E-state index contributed by atoms with van der Waals surface area (Å²) in [6.07, 6.45) is 1.80. The van der Waals surface area contributed by atoms with Gasteiger partial charge in [0.25, 0.3) is 5.91 Å². The molecule has 38 heavy (non-hydrogen) atoms. The largest absolute Gasteiger partial charge is 0.467 e. The topological polar surface area (TPSA) is 121 Å². The van der Waals surface area contributed by atoms with Gasteiger partial charge in [0.15, 0.2) is 12.7 Å². The minimum Gasteiger partial charge on any atom is -0.467 e. The third kappa shape index (κ3) is 5.77. The van der Waals surface area contributed by atoms with Crippen LogP contribution in [0.4, 0.5) is 0 Å². The van der Waals surface area contributed by atoms with Gasteiger partial charge in [-0.2, -0.15) is 0 Å². The zero-order chi connectivity index (χ0) is 26.6. The smallest absolute Gasteiger partial charge is 0.326 e. The monoisotopic (exact) mass is 578 g/mol. The second kappa shape index (κ2) is 11.7. The first kappa shape index (κ1) is 26.4. The Bertz CT molecular complexity index is 1310. The first-order chi connectivity index (χ1) is 18.4. The van der Waals surface area contributed by atoms with E-state index in [0.717, 1.165) is 34.8 Å². The maximum absolute atomic E-state index is 12.7. The molecule has 5 rings (SSSR count). The summed E-state index contributed by atoms with van der Waals surface area (Å²) in [5.74, 6) is 0.107. The van der Waals surface area contributed by atoms with Gasteiger partial charge in [-0.05, 0) is 25.0 Å². The molecule has 4 heterocycles. The minimum absolute atomic E-state index is 0.0369. The molecule has 1 saturated heterocycles. The number of carbonyl (C=O) groups is 1. The first-order valence-corrected chi connectivity index (χ1v) is 13.5. The molecule has 1 amide bonds. The second-order valence-corrected chi connectivity index (χ2v) is 10.3. The third-order valence-corrected chi connectivity index (χ3v) is 7.94. The number of oxime groups is 1. The molecule has 200 valence electrons. The molecule has 0 spiro atoms. The van der Waals surface area contributed by atoms with Crippen molar-refractivity contribution in [2.24, 2.45) is 5.16 Å². The highest BCUT2D eigenvalue weighted by Gasteiger charge is 2.31. The molecule has 1 atom stereocenters. The number of thiazole rings is 1. The van der Waals surface area contributed by atoms with Gasteiger partial charge in [-0.1, -0.05) is 34.4 Å². The molecule has 0 bridgehead atoms. The van der Waals surface area contributed by atoms with Crippen LogP contribution in [0.1, 0.15) is 47.5 Å². The molecule has 3 aromatic rings. The molecule has 2 aromatic heterocycles. The number of hydrogen-bond acceptors (Lipinski definition) is 11. The van der Waals surface area contributed by atoms with Crippen molar-refractivity contribution < 1.29 is 23.8 Å². The maximum Gasteiger partial charge on any atom is 0.326 e. The van der Waals surface area contributed by atoms with E-state index >= 15 is 0 Å². The molecular formula is C24H24Cl2N6O5S. The van der Waals surface area contributed by atoms with Crippen LogP contribution in [0.5, 0.6) is 18.0 Å². The summed E-state index contributed by atoms with van der Waals surface area (Å²) in [6, 6.07) is 5.42. The Morgan fingerprint density at radius 1 is 1.05 bits per heavy atom. The number of benzene rings is 1. The first-order valence-electron chi connectivity index (χ1n) is 11.8. The highest BCUT2D eigenvalue weighted by atomic mass is 35.5. The molecule has 1 unspecified atom stereocenters. The third-order valence-electron chi connectivity index (χ3n) is 6.27. The number of ether oxygens (including phenoxy) is 3. The lowest BCUT2D eigenvalue weighted by Gasteiger charge is -2.31. The number of methoxy groups -OCH3 is 2. The molecule has 0 N–H and O–H groups in total. The Labute approximate surface area is 232 Å². The number of rotatable bonds is 8. The summed E-state index contributed by atoms with van der Waals surface area (Å²) in [5, 5.41) is 8.38. The molecular weight excluding hydrogens is 555 g/mol. The average Bonchev–Trinajstić information content (AvgIpc) is 3.62. The van der Waals surface area contributed by atoms with E-state index < -0.39 is 0 Å². The van der Waals surface area contributed by atoms with E-state index in [-0.39, 0.29) is 42.6 Å². The van der Waals surface area contributed by atoms with E-state index in [2.05, 4.69) is 20.1 Å². The van der Waals surface area contributed by atoms with Crippen LogP contribution in [0.25, 0.3) is 0 Å². The van der Waals surface area contributed by atoms with Gasteiger partial charge in [-0.3, -0.25) is 4.79 Å². The van der Waals surface area contributed by atoms with E-state index in [1.165, 1.54) is 14.2 Å². The fraction of sp³-hybridized carbons (Fsp3) is 0.417. The average molecular weight is 579 g/mol. The van der Waals surface area contributed by atoms with Gasteiger partial charge in [0.2, 0.25) is 0 Å². The van der Waals surface area contributed by atoms with Gasteiger partial charge < -0.3 is 23.9 Å². The van der Waals surface area contributed by atoms with E-state index in [9.17, 15) is 4.79 Å². The summed E-state index contributed by atoms with van der Waals surface area (Å²) in [5.41, 5.74) is 2.30. The van der Waals surface area contributed by atoms with Crippen molar-refractivity contribution in [1.29, 1.82) is 0 Å². The Kier molecular flexibility index (Phi) is 8.10. The zero-order valence-corrected chi connectivity index (χ0v) is 22.9. The predicted octanol–water partition coefficient (Wildman–Crippen LogP) is 4.30. The number of hydrogen-bond donors (Lipinski definition) is 0. The maximum atomic E-state index is 12.7. The summed E-state index contributed by atoms with van der Waals surface area (Å²) in [7, 11) is 2.84. The van der Waals surface area contributed by atoms with Crippen LogP contribution in [0.15, 0.2) is 28.7 Å². The van der Waals surface area contributed by atoms with Crippen molar-refractivity contribution in [2.45, 2.75) is 31.3 Å². The predicted molar refractivity (Wildman–Crippen MR) is 141 cm³/mol. The number of likely N-dealkylation sites (tertiary alicyclic amines) is 1. The van der Waals surface area contributed by atoms with Crippen LogP contribution in [0, 0.1) is 0 Å². The molecule has 2 aliphatic heterocycles. The molecule has 1 fully saturated rings. The van der Waals surface area contributed by atoms with Crippen molar-refractivity contribution in [1.82, 2.24) is 24.8 Å². The quantitative estimate of drug-likeness (QED) is 0.385. The van der Waals surface area contributed by atoms with Crippen LogP contribution >= 0.6 is 34.5 Å². The fourth-order valence-electron chi connectivity index (χ4n) is 4.27. The van der Waals surface area contributed by atoms with Crippen molar-refractivity contribution in [3.05, 3.63) is 49.9 Å². The summed E-state index contributed by atoms with van der Waals surface area (Å²) in [6.45, 7) is 1.00. The molecule has 0 saturated carbocycles. The molecule has 1 aromatic carbocycles. The van der Waals surface area contributed by atoms with Crippen LogP contribution < -0.4 is 14.2 Å². The number of halogens is 2. The van der Waals surface area contributed by atoms with Gasteiger partial charge in [-0.15, -0.1) is 26.3 Å². The normalized spacial score (nSPS) is 17.6. The van der Waals surface area contributed by atoms with Crippen LogP contribution in [0.3, 0.4) is 0 Å². The number of piperidine rings is 1. The Morgan fingerprint density at radius 2 is 1.71 bits per heavy atom. The molecule has 0 aliphatic carbocycles. The number of nitrogens with zero attached hydrogens (tertiary/aromatic N) is 6. The molecule has 0 radical (unpaired) electrons.